The second-order valence-corrected chi connectivity index (χ2v) is 7.83. The Kier molecular flexibility index (Phi) is 8.45. The first kappa shape index (κ1) is 23.1. The van der Waals surface area contributed by atoms with Crippen molar-refractivity contribution in [2.45, 2.75) is 24.2 Å². The lowest BCUT2D eigenvalue weighted by Gasteiger charge is -2.10. The van der Waals surface area contributed by atoms with Crippen LogP contribution in [0.5, 0.6) is 5.75 Å². The third-order valence-corrected chi connectivity index (χ3v) is 5.13. The van der Waals surface area contributed by atoms with Crippen LogP contribution in [0.2, 0.25) is 0 Å². The topological polar surface area (TPSA) is 73.9 Å². The molecular formula is C19H22F3NO5S. The number of sulfonamides is 1. The van der Waals surface area contributed by atoms with Crippen LogP contribution in [0.15, 0.2) is 53.4 Å². The van der Waals surface area contributed by atoms with Gasteiger partial charge in [-0.15, -0.1) is 0 Å². The molecule has 0 spiro atoms. The summed E-state index contributed by atoms with van der Waals surface area (Å²) in [5.74, 6) is 0.532. The average Bonchev–Trinajstić information content (AvgIpc) is 2.67. The Morgan fingerprint density at radius 2 is 1.55 bits per heavy atom. The summed E-state index contributed by atoms with van der Waals surface area (Å²) in [6.07, 6.45) is -4.37. The smallest absolute Gasteiger partial charge is 0.411 e. The molecule has 0 radical (unpaired) electrons. The number of alkyl halides is 3. The van der Waals surface area contributed by atoms with Crippen molar-refractivity contribution in [2.75, 3.05) is 26.9 Å². The van der Waals surface area contributed by atoms with Gasteiger partial charge in [-0.2, -0.15) is 13.2 Å². The fourth-order valence-electron chi connectivity index (χ4n) is 2.26. The molecule has 2 aromatic rings. The van der Waals surface area contributed by atoms with Gasteiger partial charge >= 0.3 is 6.18 Å². The Labute approximate surface area is 167 Å². The Hall–Kier alpha value is -2.14. The summed E-state index contributed by atoms with van der Waals surface area (Å²) in [5.41, 5.74) is 1.22. The molecule has 6 nitrogen and oxygen atoms in total. The van der Waals surface area contributed by atoms with Crippen LogP contribution in [0, 0.1) is 0 Å². The summed E-state index contributed by atoms with van der Waals surface area (Å²) in [4.78, 5) is 0.0914. The minimum atomic E-state index is -4.37. The zero-order valence-electron chi connectivity index (χ0n) is 15.7. The number of ether oxygens (including phenoxy) is 3. The fourth-order valence-corrected chi connectivity index (χ4v) is 3.28. The lowest BCUT2D eigenvalue weighted by Crippen LogP contribution is -2.23. The van der Waals surface area contributed by atoms with Crippen molar-refractivity contribution in [1.29, 1.82) is 0 Å². The maximum atomic E-state index is 12.4. The van der Waals surface area contributed by atoms with E-state index in [1.165, 1.54) is 12.1 Å². The summed E-state index contributed by atoms with van der Waals surface area (Å²) in [6.45, 7) is -0.667. The number of halogens is 3. The molecule has 0 unspecified atom stereocenters. The van der Waals surface area contributed by atoms with Crippen LogP contribution in [0.4, 0.5) is 13.2 Å². The summed E-state index contributed by atoms with van der Waals surface area (Å²) in [7, 11) is -2.17. The summed E-state index contributed by atoms with van der Waals surface area (Å²) in [5, 5.41) is 0. The Morgan fingerprint density at radius 1 is 0.931 bits per heavy atom. The molecule has 10 heteroatoms. The highest BCUT2D eigenvalue weighted by atomic mass is 32.2. The van der Waals surface area contributed by atoms with Gasteiger partial charge in [0.1, 0.15) is 19.0 Å². The van der Waals surface area contributed by atoms with E-state index in [2.05, 4.69) is 9.46 Å². The van der Waals surface area contributed by atoms with E-state index in [4.69, 9.17) is 9.47 Å². The van der Waals surface area contributed by atoms with Crippen molar-refractivity contribution in [3.05, 3.63) is 59.7 Å². The van der Waals surface area contributed by atoms with E-state index < -0.39 is 22.8 Å². The molecule has 2 rings (SSSR count). The van der Waals surface area contributed by atoms with Crippen molar-refractivity contribution in [3.63, 3.8) is 0 Å². The molecule has 0 saturated heterocycles. The highest BCUT2D eigenvalue weighted by molar-refractivity contribution is 7.89. The monoisotopic (exact) mass is 433 g/mol. The van der Waals surface area contributed by atoms with Gasteiger partial charge in [0.15, 0.2) is 0 Å². The second-order valence-electron chi connectivity index (χ2n) is 6.06. The van der Waals surface area contributed by atoms with Gasteiger partial charge in [0.05, 0.1) is 18.1 Å². The molecule has 0 aromatic heterocycles. The van der Waals surface area contributed by atoms with Crippen molar-refractivity contribution in [1.82, 2.24) is 4.72 Å². The Morgan fingerprint density at radius 3 is 2.14 bits per heavy atom. The average molecular weight is 433 g/mol. The number of nitrogens with one attached hydrogen (secondary N) is 1. The Bertz CT molecular complexity index is 853. The maximum absolute atomic E-state index is 12.4. The van der Waals surface area contributed by atoms with E-state index in [0.29, 0.717) is 30.1 Å². The van der Waals surface area contributed by atoms with E-state index >= 15 is 0 Å². The molecule has 0 fully saturated rings. The van der Waals surface area contributed by atoms with Crippen molar-refractivity contribution in [2.24, 2.45) is 0 Å². The normalized spacial score (nSPS) is 12.1. The molecule has 2 aromatic carbocycles. The summed E-state index contributed by atoms with van der Waals surface area (Å²) in [6, 6.07) is 12.4. The summed E-state index contributed by atoms with van der Waals surface area (Å²) >= 11 is 0. The van der Waals surface area contributed by atoms with Crippen LogP contribution < -0.4 is 9.46 Å². The van der Waals surface area contributed by atoms with E-state index in [0.717, 1.165) is 0 Å². The number of hydrogen-bond acceptors (Lipinski definition) is 5. The molecular weight excluding hydrogens is 411 g/mol. The predicted octanol–water partition coefficient (Wildman–Crippen LogP) is 3.27. The van der Waals surface area contributed by atoms with Gasteiger partial charge in [-0.05, 0) is 35.4 Å². The molecule has 0 saturated carbocycles. The van der Waals surface area contributed by atoms with Crippen LogP contribution in [-0.2, 0) is 32.6 Å². The van der Waals surface area contributed by atoms with Gasteiger partial charge in [-0.25, -0.2) is 13.1 Å². The highest BCUT2D eigenvalue weighted by Gasteiger charge is 2.27. The zero-order chi connectivity index (χ0) is 21.3. The zero-order valence-corrected chi connectivity index (χ0v) is 16.6. The first-order chi connectivity index (χ1) is 13.7. The minimum Gasteiger partial charge on any atom is -0.491 e. The van der Waals surface area contributed by atoms with Crippen LogP contribution in [0.1, 0.15) is 11.1 Å². The van der Waals surface area contributed by atoms with Crippen molar-refractivity contribution >= 4 is 10.0 Å². The largest absolute Gasteiger partial charge is 0.491 e. The van der Waals surface area contributed by atoms with Crippen molar-refractivity contribution < 1.29 is 35.8 Å². The van der Waals surface area contributed by atoms with Crippen LogP contribution >= 0.6 is 0 Å². The standard InChI is InChI=1S/C19H22F3NO5S/c1-26-10-11-28-17-6-8-18(9-7-17)29(24,25)23-12-15-2-4-16(5-3-15)13-27-14-19(20,21)22/h2-9,23H,10-14H2,1H3. The maximum Gasteiger partial charge on any atom is 0.411 e. The molecule has 0 heterocycles. The molecule has 0 aliphatic heterocycles. The van der Waals surface area contributed by atoms with E-state index in [-0.39, 0.29) is 18.0 Å². The van der Waals surface area contributed by atoms with Crippen LogP contribution in [0.3, 0.4) is 0 Å². The fraction of sp³-hybridized carbons (Fsp3) is 0.368. The third kappa shape index (κ3) is 8.40. The first-order valence-electron chi connectivity index (χ1n) is 8.63. The van der Waals surface area contributed by atoms with Gasteiger partial charge < -0.3 is 14.2 Å². The second kappa shape index (κ2) is 10.6. The lowest BCUT2D eigenvalue weighted by molar-refractivity contribution is -0.176. The number of rotatable bonds is 11. The molecule has 0 aliphatic rings. The third-order valence-electron chi connectivity index (χ3n) is 3.71. The van der Waals surface area contributed by atoms with Gasteiger partial charge in [-0.1, -0.05) is 24.3 Å². The van der Waals surface area contributed by atoms with Crippen LogP contribution in [0.25, 0.3) is 0 Å². The molecule has 0 bridgehead atoms. The van der Waals surface area contributed by atoms with Gasteiger partial charge in [0.25, 0.3) is 0 Å². The number of benzene rings is 2. The van der Waals surface area contributed by atoms with E-state index in [1.54, 1.807) is 43.5 Å². The molecule has 0 amide bonds. The van der Waals surface area contributed by atoms with Crippen molar-refractivity contribution in [3.8, 4) is 5.75 Å². The summed E-state index contributed by atoms with van der Waals surface area (Å²) < 4.78 is 78.3. The van der Waals surface area contributed by atoms with Gasteiger partial charge in [-0.3, -0.25) is 0 Å². The highest BCUT2D eigenvalue weighted by Crippen LogP contribution is 2.17. The number of methoxy groups -OCH3 is 1. The van der Waals surface area contributed by atoms with Gasteiger partial charge in [0.2, 0.25) is 10.0 Å². The quantitative estimate of drug-likeness (QED) is 0.551. The van der Waals surface area contributed by atoms with E-state index in [1.807, 2.05) is 0 Å². The Balaban J connectivity index is 1.86. The van der Waals surface area contributed by atoms with Crippen LogP contribution in [-0.4, -0.2) is 41.5 Å². The first-order valence-corrected chi connectivity index (χ1v) is 10.1. The predicted molar refractivity (Wildman–Crippen MR) is 100.0 cm³/mol. The molecule has 0 atom stereocenters. The van der Waals surface area contributed by atoms with Gasteiger partial charge in [0, 0.05) is 13.7 Å². The lowest BCUT2D eigenvalue weighted by atomic mass is 10.1. The number of hydrogen-bond donors (Lipinski definition) is 1. The molecule has 1 N–H and O–H groups in total. The molecule has 160 valence electrons. The van der Waals surface area contributed by atoms with E-state index in [9.17, 15) is 21.6 Å². The molecule has 29 heavy (non-hydrogen) atoms. The minimum absolute atomic E-state index is 0.0398. The SMILES string of the molecule is COCCOc1ccc(S(=O)(=O)NCc2ccc(COCC(F)(F)F)cc2)cc1. The molecule has 0 aliphatic carbocycles.